The fraction of sp³-hybridized carbons (Fsp3) is 0.526. The number of aliphatic hydroxyl groups excluding tert-OH is 2. The Morgan fingerprint density at radius 2 is 1.81 bits per heavy atom. The van der Waals surface area contributed by atoms with Gasteiger partial charge in [0.05, 0.1) is 17.8 Å². The second-order valence-electron chi connectivity index (χ2n) is 6.36. The second kappa shape index (κ2) is 12.4. The lowest BCUT2D eigenvalue weighted by molar-refractivity contribution is -0.141. The van der Waals surface area contributed by atoms with Crippen molar-refractivity contribution in [2.45, 2.75) is 56.0 Å². The number of nitrogens with two attached hydrogens (primary N) is 1. The van der Waals surface area contributed by atoms with Crippen LogP contribution in [0.1, 0.15) is 32.1 Å². The molecule has 1 fully saturated rings. The van der Waals surface area contributed by atoms with E-state index >= 15 is 0 Å². The lowest BCUT2D eigenvalue weighted by Crippen LogP contribution is -2.49. The van der Waals surface area contributed by atoms with E-state index in [0.717, 1.165) is 0 Å². The van der Waals surface area contributed by atoms with Crippen LogP contribution in [0.4, 0.5) is 0 Å². The third kappa shape index (κ3) is 9.63. The van der Waals surface area contributed by atoms with E-state index in [1.165, 1.54) is 6.08 Å². The Hall–Kier alpha value is -1.00. The van der Waals surface area contributed by atoms with E-state index in [9.17, 15) is 20.1 Å². The van der Waals surface area contributed by atoms with Crippen molar-refractivity contribution < 1.29 is 24.9 Å². The number of hydrogen-bond donors (Lipinski definition) is 4. The Labute approximate surface area is 168 Å². The SMILES string of the molecule is NC1CC(O)(/C=C/C=C\C=C\C=C\[C@@H](O)[C@@H](O)CCCC(=O)OCI)C1. The molecule has 2 atom stereocenters. The molecule has 5 N–H and O–H groups in total. The summed E-state index contributed by atoms with van der Waals surface area (Å²) in [6, 6.07) is 0.0882. The molecular formula is C19H28INO5. The summed E-state index contributed by atoms with van der Waals surface area (Å²) in [5.41, 5.74) is 4.88. The summed E-state index contributed by atoms with van der Waals surface area (Å²) < 4.78 is 5.10. The fourth-order valence-corrected chi connectivity index (χ4v) is 2.89. The van der Waals surface area contributed by atoms with Crippen LogP contribution < -0.4 is 5.73 Å². The number of carbonyl (C=O) groups is 1. The number of carbonyl (C=O) groups excluding carboxylic acids is 1. The van der Waals surface area contributed by atoms with Crippen LogP contribution in [-0.4, -0.2) is 49.8 Å². The predicted octanol–water partition coefficient (Wildman–Crippen LogP) is 1.89. The molecule has 0 amide bonds. The van der Waals surface area contributed by atoms with Crippen LogP contribution in [0.15, 0.2) is 48.6 Å². The molecule has 0 aromatic rings. The van der Waals surface area contributed by atoms with E-state index in [2.05, 4.69) is 0 Å². The molecule has 0 aliphatic heterocycles. The van der Waals surface area contributed by atoms with Gasteiger partial charge in [0.25, 0.3) is 0 Å². The fourth-order valence-electron chi connectivity index (χ4n) is 2.54. The Morgan fingerprint density at radius 1 is 1.19 bits per heavy atom. The first-order chi connectivity index (χ1) is 12.4. The average molecular weight is 477 g/mol. The number of alkyl halides is 1. The molecule has 0 aromatic heterocycles. The highest BCUT2D eigenvalue weighted by Gasteiger charge is 2.37. The maximum atomic E-state index is 11.2. The molecule has 26 heavy (non-hydrogen) atoms. The van der Waals surface area contributed by atoms with Crippen molar-refractivity contribution in [2.24, 2.45) is 5.73 Å². The van der Waals surface area contributed by atoms with Crippen molar-refractivity contribution in [1.82, 2.24) is 0 Å². The van der Waals surface area contributed by atoms with Crippen LogP contribution in [0.5, 0.6) is 0 Å². The lowest BCUT2D eigenvalue weighted by Gasteiger charge is -2.39. The number of rotatable bonds is 11. The van der Waals surface area contributed by atoms with Gasteiger partial charge in [0.2, 0.25) is 0 Å². The molecule has 0 saturated heterocycles. The van der Waals surface area contributed by atoms with E-state index in [-0.39, 0.29) is 18.4 Å². The first kappa shape index (κ1) is 23.0. The highest BCUT2D eigenvalue weighted by atomic mass is 127. The molecule has 6 nitrogen and oxygen atoms in total. The summed E-state index contributed by atoms with van der Waals surface area (Å²) in [6.45, 7) is 0. The van der Waals surface area contributed by atoms with Gasteiger partial charge in [-0.15, -0.1) is 0 Å². The van der Waals surface area contributed by atoms with Crippen molar-refractivity contribution >= 4 is 28.6 Å². The zero-order valence-corrected chi connectivity index (χ0v) is 16.9. The molecule has 0 aromatic carbocycles. The number of esters is 1. The normalized spacial score (nSPS) is 26.0. The van der Waals surface area contributed by atoms with Crippen LogP contribution in [-0.2, 0) is 9.53 Å². The first-order valence-electron chi connectivity index (χ1n) is 8.61. The van der Waals surface area contributed by atoms with E-state index in [1.54, 1.807) is 42.5 Å². The Kier molecular flexibility index (Phi) is 11.0. The summed E-state index contributed by atoms with van der Waals surface area (Å²) in [4.78, 5) is 11.2. The summed E-state index contributed by atoms with van der Waals surface area (Å²) in [5.74, 6) is -0.298. The van der Waals surface area contributed by atoms with Crippen LogP contribution in [0.3, 0.4) is 0 Å². The Bertz CT molecular complexity index is 538. The van der Waals surface area contributed by atoms with Crippen LogP contribution in [0, 0.1) is 0 Å². The van der Waals surface area contributed by atoms with Gasteiger partial charge in [0.1, 0.15) is 4.61 Å². The van der Waals surface area contributed by atoms with Gasteiger partial charge >= 0.3 is 5.97 Å². The third-order valence-corrected chi connectivity index (χ3v) is 4.30. The van der Waals surface area contributed by atoms with E-state index in [1.807, 2.05) is 22.6 Å². The summed E-state index contributed by atoms with van der Waals surface area (Å²) >= 11 is 1.94. The number of ether oxygens (including phenoxy) is 1. The Balaban J connectivity index is 2.20. The largest absolute Gasteiger partial charge is 0.455 e. The molecule has 0 heterocycles. The number of allylic oxidation sites excluding steroid dienone is 6. The van der Waals surface area contributed by atoms with Gasteiger partial charge in [0.15, 0.2) is 0 Å². The van der Waals surface area contributed by atoms with Gasteiger partial charge in [-0.3, -0.25) is 4.79 Å². The molecule has 7 heteroatoms. The van der Waals surface area contributed by atoms with Gasteiger partial charge in [-0.2, -0.15) is 0 Å². The summed E-state index contributed by atoms with van der Waals surface area (Å²) in [6.07, 6.45) is 14.1. The van der Waals surface area contributed by atoms with Gasteiger partial charge in [-0.25, -0.2) is 0 Å². The Morgan fingerprint density at radius 3 is 2.42 bits per heavy atom. The van der Waals surface area contributed by atoms with Gasteiger partial charge < -0.3 is 25.8 Å². The summed E-state index contributed by atoms with van der Waals surface area (Å²) in [5, 5.41) is 29.6. The molecule has 0 radical (unpaired) electrons. The summed E-state index contributed by atoms with van der Waals surface area (Å²) in [7, 11) is 0. The molecule has 0 spiro atoms. The maximum absolute atomic E-state index is 11.2. The second-order valence-corrected chi connectivity index (χ2v) is 6.98. The smallest absolute Gasteiger partial charge is 0.306 e. The highest BCUT2D eigenvalue weighted by molar-refractivity contribution is 14.1. The highest BCUT2D eigenvalue weighted by Crippen LogP contribution is 2.31. The van der Waals surface area contributed by atoms with Gasteiger partial charge in [0, 0.05) is 12.5 Å². The van der Waals surface area contributed by atoms with E-state index < -0.39 is 17.8 Å². The van der Waals surface area contributed by atoms with Crippen LogP contribution in [0.2, 0.25) is 0 Å². The van der Waals surface area contributed by atoms with Crippen molar-refractivity contribution in [2.75, 3.05) is 4.61 Å². The number of hydrogen-bond acceptors (Lipinski definition) is 6. The molecule has 0 bridgehead atoms. The topological polar surface area (TPSA) is 113 Å². The third-order valence-electron chi connectivity index (χ3n) is 3.99. The van der Waals surface area contributed by atoms with E-state index in [0.29, 0.717) is 30.3 Å². The molecule has 1 rings (SSSR count). The quantitative estimate of drug-likeness (QED) is 0.157. The monoisotopic (exact) mass is 477 g/mol. The molecular weight excluding hydrogens is 449 g/mol. The minimum atomic E-state index is -0.985. The van der Waals surface area contributed by atoms with Crippen molar-refractivity contribution in [3.63, 3.8) is 0 Å². The molecule has 1 aliphatic rings. The minimum absolute atomic E-state index is 0.0882. The van der Waals surface area contributed by atoms with Crippen molar-refractivity contribution in [3.8, 4) is 0 Å². The standard InChI is InChI=1S/C19H28INO5/c20-14-26-18(24)10-7-9-17(23)16(22)8-5-3-1-2-4-6-11-19(25)12-15(21)13-19/h1-6,8,11,15-17,22-23,25H,7,9-10,12-14,21H2/b3-1+,4-2-,8-5+,11-6+/t15?,16-,17+,19?/m1/s1. The average Bonchev–Trinajstić information content (AvgIpc) is 2.55. The zero-order chi connectivity index (χ0) is 19.4. The minimum Gasteiger partial charge on any atom is -0.455 e. The van der Waals surface area contributed by atoms with Crippen LogP contribution in [0.25, 0.3) is 0 Å². The maximum Gasteiger partial charge on any atom is 0.306 e. The number of halogens is 1. The van der Waals surface area contributed by atoms with Gasteiger partial charge in [-0.1, -0.05) is 48.6 Å². The van der Waals surface area contributed by atoms with Gasteiger partial charge in [-0.05, 0) is 48.3 Å². The predicted molar refractivity (Wildman–Crippen MR) is 110 cm³/mol. The number of aliphatic hydroxyl groups is 3. The van der Waals surface area contributed by atoms with Crippen molar-refractivity contribution in [1.29, 1.82) is 0 Å². The molecule has 146 valence electrons. The first-order valence-corrected chi connectivity index (χ1v) is 10.1. The lowest BCUT2D eigenvalue weighted by atomic mass is 9.76. The van der Waals surface area contributed by atoms with E-state index in [4.69, 9.17) is 10.5 Å². The van der Waals surface area contributed by atoms with Crippen LogP contribution >= 0.6 is 22.6 Å². The molecule has 1 saturated carbocycles. The molecule has 1 aliphatic carbocycles. The van der Waals surface area contributed by atoms with Crippen molar-refractivity contribution in [3.05, 3.63) is 48.6 Å². The molecule has 0 unspecified atom stereocenters. The zero-order valence-electron chi connectivity index (χ0n) is 14.7.